The molecule has 4 rings (SSSR count). The van der Waals surface area contributed by atoms with Gasteiger partial charge in [-0.05, 0) is 24.5 Å². The van der Waals surface area contributed by atoms with Crippen molar-refractivity contribution in [1.82, 2.24) is 15.0 Å². The van der Waals surface area contributed by atoms with Gasteiger partial charge in [-0.1, -0.05) is 47.6 Å². The quantitative estimate of drug-likeness (QED) is 0.551. The average molecular weight is 431 g/mol. The first kappa shape index (κ1) is 20.9. The Bertz CT molecular complexity index is 1060. The average Bonchev–Trinajstić information content (AvgIpc) is 3.46. The number of ether oxygens (including phenoxy) is 1. The van der Waals surface area contributed by atoms with Crippen LogP contribution in [-0.4, -0.2) is 34.1 Å². The third-order valence-corrected chi connectivity index (χ3v) is 5.08. The minimum Gasteiger partial charge on any atom is -0.496 e. The summed E-state index contributed by atoms with van der Waals surface area (Å²) in [4.78, 5) is 18.2. The van der Waals surface area contributed by atoms with Crippen molar-refractivity contribution in [1.29, 1.82) is 0 Å². The Morgan fingerprint density at radius 2 is 1.87 bits per heavy atom. The molecule has 0 saturated heterocycles. The summed E-state index contributed by atoms with van der Waals surface area (Å²) in [5, 5.41) is 3.39. The van der Waals surface area contributed by atoms with Crippen molar-refractivity contribution < 1.29 is 27.2 Å². The fourth-order valence-electron chi connectivity index (χ4n) is 3.33. The highest BCUT2D eigenvalue weighted by Gasteiger charge is 2.38. The molecule has 1 saturated carbocycles. The number of nitrogens with zero attached hydrogens (tertiary/aromatic N) is 3. The Morgan fingerprint density at radius 1 is 1.16 bits per heavy atom. The zero-order valence-electron chi connectivity index (χ0n) is 16.7. The van der Waals surface area contributed by atoms with Crippen LogP contribution in [0.5, 0.6) is 5.75 Å². The van der Waals surface area contributed by atoms with Crippen LogP contribution >= 0.6 is 0 Å². The molecule has 0 N–H and O–H groups in total. The Labute approximate surface area is 176 Å². The Balaban J connectivity index is 1.46. The lowest BCUT2D eigenvalue weighted by atomic mass is 10.1. The van der Waals surface area contributed by atoms with Gasteiger partial charge in [0, 0.05) is 23.7 Å². The van der Waals surface area contributed by atoms with Gasteiger partial charge in [0.1, 0.15) is 5.75 Å². The second kappa shape index (κ2) is 8.41. The zero-order chi connectivity index (χ0) is 22.0. The minimum atomic E-state index is -4.68. The van der Waals surface area contributed by atoms with Gasteiger partial charge >= 0.3 is 12.1 Å². The molecule has 0 spiro atoms. The number of carbonyl (C=O) groups excluding carboxylic acids is 1. The molecule has 9 heteroatoms. The number of benzene rings is 2. The molecule has 0 unspecified atom stereocenters. The number of halogens is 3. The monoisotopic (exact) mass is 431 g/mol. The van der Waals surface area contributed by atoms with E-state index >= 15 is 0 Å². The molecule has 0 aliphatic heterocycles. The zero-order valence-corrected chi connectivity index (χ0v) is 16.7. The van der Waals surface area contributed by atoms with E-state index in [0.717, 1.165) is 24.0 Å². The summed E-state index contributed by atoms with van der Waals surface area (Å²) < 4.78 is 47.5. The Hall–Kier alpha value is -3.36. The van der Waals surface area contributed by atoms with Gasteiger partial charge in [-0.15, -0.1) is 0 Å². The van der Waals surface area contributed by atoms with Crippen LogP contribution < -0.4 is 4.74 Å². The predicted molar refractivity (Wildman–Crippen MR) is 105 cm³/mol. The van der Waals surface area contributed by atoms with Crippen LogP contribution in [0.2, 0.25) is 0 Å². The molecule has 31 heavy (non-hydrogen) atoms. The number of amides is 1. The molecule has 1 aliphatic carbocycles. The van der Waals surface area contributed by atoms with E-state index in [1.165, 1.54) is 0 Å². The van der Waals surface area contributed by atoms with Gasteiger partial charge in [0.2, 0.25) is 11.7 Å². The van der Waals surface area contributed by atoms with Crippen LogP contribution in [0.15, 0.2) is 53.1 Å². The first-order valence-corrected chi connectivity index (χ1v) is 9.76. The molecule has 162 valence electrons. The highest BCUT2D eigenvalue weighted by Crippen LogP contribution is 2.31. The fourth-order valence-corrected chi connectivity index (χ4v) is 3.33. The number of carbonyl (C=O) groups is 1. The van der Waals surface area contributed by atoms with E-state index in [-0.39, 0.29) is 24.2 Å². The Kier molecular flexibility index (Phi) is 5.67. The first-order valence-electron chi connectivity index (χ1n) is 9.76. The second-order valence-electron chi connectivity index (χ2n) is 7.36. The van der Waals surface area contributed by atoms with Crippen LogP contribution in [0, 0.1) is 0 Å². The van der Waals surface area contributed by atoms with Crippen LogP contribution in [0.3, 0.4) is 0 Å². The number of para-hydroxylation sites is 1. The molecular formula is C22H20F3N3O3. The molecule has 1 aromatic heterocycles. The van der Waals surface area contributed by atoms with E-state index in [0.29, 0.717) is 17.9 Å². The number of hydrogen-bond donors (Lipinski definition) is 0. The van der Waals surface area contributed by atoms with Crippen molar-refractivity contribution in [3.8, 4) is 17.1 Å². The number of aromatic nitrogens is 2. The van der Waals surface area contributed by atoms with Crippen molar-refractivity contribution in [2.45, 2.75) is 38.0 Å². The smallest absolute Gasteiger partial charge is 0.471 e. The highest BCUT2D eigenvalue weighted by molar-refractivity contribution is 5.80. The lowest BCUT2D eigenvalue weighted by molar-refractivity contribution is -0.159. The van der Waals surface area contributed by atoms with Crippen molar-refractivity contribution in [3.63, 3.8) is 0 Å². The maximum atomic E-state index is 13.0. The SMILES string of the molecule is COc1ccccc1CC(=O)N(Cc1ccc(-c2noc(C(F)(F)F)n2)cc1)C1CC1. The maximum absolute atomic E-state index is 13.0. The van der Waals surface area contributed by atoms with Gasteiger partial charge in [0.15, 0.2) is 0 Å². The van der Waals surface area contributed by atoms with Crippen LogP contribution in [0.25, 0.3) is 11.4 Å². The highest BCUT2D eigenvalue weighted by atomic mass is 19.4. The lowest BCUT2D eigenvalue weighted by Gasteiger charge is -2.23. The number of alkyl halides is 3. The van der Waals surface area contributed by atoms with Crippen molar-refractivity contribution in [3.05, 3.63) is 65.5 Å². The molecule has 6 nitrogen and oxygen atoms in total. The van der Waals surface area contributed by atoms with E-state index in [1.807, 2.05) is 29.2 Å². The Morgan fingerprint density at radius 3 is 2.48 bits per heavy atom. The normalized spacial score (nSPS) is 13.8. The van der Waals surface area contributed by atoms with E-state index in [1.54, 1.807) is 31.4 Å². The maximum Gasteiger partial charge on any atom is 0.471 e. The molecule has 3 aromatic rings. The molecule has 1 fully saturated rings. The molecule has 0 radical (unpaired) electrons. The standard InChI is InChI=1S/C22H20F3N3O3/c1-30-18-5-3-2-4-16(18)12-19(29)28(17-10-11-17)13-14-6-8-15(9-7-14)20-26-21(31-27-20)22(23,24)25/h2-9,17H,10-13H2,1H3. The van der Waals surface area contributed by atoms with Gasteiger partial charge in [-0.3, -0.25) is 4.79 Å². The number of hydrogen-bond acceptors (Lipinski definition) is 5. The molecule has 0 atom stereocenters. The third kappa shape index (κ3) is 4.87. The second-order valence-corrected chi connectivity index (χ2v) is 7.36. The molecule has 1 heterocycles. The lowest BCUT2D eigenvalue weighted by Crippen LogP contribution is -2.33. The van der Waals surface area contributed by atoms with Crippen LogP contribution in [-0.2, 0) is 23.9 Å². The number of rotatable bonds is 7. The summed E-state index contributed by atoms with van der Waals surface area (Å²) in [6.45, 7) is 0.416. The van der Waals surface area contributed by atoms with E-state index in [4.69, 9.17) is 4.74 Å². The van der Waals surface area contributed by atoms with E-state index in [2.05, 4.69) is 14.7 Å². The molecule has 0 bridgehead atoms. The van der Waals surface area contributed by atoms with Crippen LogP contribution in [0.1, 0.15) is 29.9 Å². The topological polar surface area (TPSA) is 68.5 Å². The van der Waals surface area contributed by atoms with Crippen molar-refractivity contribution >= 4 is 5.91 Å². The molecule has 2 aromatic carbocycles. The minimum absolute atomic E-state index is 0.00376. The fraction of sp³-hybridized carbons (Fsp3) is 0.318. The molecular weight excluding hydrogens is 411 g/mol. The summed E-state index contributed by atoms with van der Waals surface area (Å²) in [6.07, 6.45) is -2.53. The van der Waals surface area contributed by atoms with Crippen LogP contribution in [0.4, 0.5) is 13.2 Å². The predicted octanol–water partition coefficient (Wildman–Crippen LogP) is 4.50. The van der Waals surface area contributed by atoms with Gasteiger partial charge in [-0.25, -0.2) is 0 Å². The van der Waals surface area contributed by atoms with E-state index in [9.17, 15) is 18.0 Å². The van der Waals surface area contributed by atoms with Crippen molar-refractivity contribution in [2.75, 3.05) is 7.11 Å². The largest absolute Gasteiger partial charge is 0.496 e. The summed E-state index contributed by atoms with van der Waals surface area (Å²) >= 11 is 0. The van der Waals surface area contributed by atoms with Gasteiger partial charge in [-0.2, -0.15) is 18.2 Å². The van der Waals surface area contributed by atoms with E-state index < -0.39 is 12.1 Å². The summed E-state index contributed by atoms with van der Waals surface area (Å²) in [5.41, 5.74) is 2.10. The summed E-state index contributed by atoms with van der Waals surface area (Å²) in [7, 11) is 1.57. The van der Waals surface area contributed by atoms with Gasteiger partial charge < -0.3 is 14.2 Å². The summed E-state index contributed by atoms with van der Waals surface area (Å²) in [5.74, 6) is -0.836. The van der Waals surface area contributed by atoms with Crippen molar-refractivity contribution in [2.24, 2.45) is 0 Å². The van der Waals surface area contributed by atoms with Gasteiger partial charge in [0.25, 0.3) is 0 Å². The summed E-state index contributed by atoms with van der Waals surface area (Å²) in [6, 6.07) is 14.4. The van der Waals surface area contributed by atoms with Gasteiger partial charge in [0.05, 0.1) is 13.5 Å². The number of methoxy groups -OCH3 is 1. The third-order valence-electron chi connectivity index (χ3n) is 5.08. The molecule has 1 aliphatic rings. The molecule has 1 amide bonds. The first-order chi connectivity index (χ1) is 14.8.